The standard InChI is InChI=1S/C20H26N2O2S.C7H6FNO/c1-20(2,3)22-25-18-12-8-16(9-13-18)21-19(23)14-7-15-5-10-17(24-4)11-6-15;8-6-3-1-5(2-4-6)7(9)10/h5-6,8-13,22H,7,14H2,1-4H3,(H,21,23);1-4H,(H2,9,10). The molecule has 0 unspecified atom stereocenters. The zero-order valence-electron chi connectivity index (χ0n) is 20.4. The van der Waals surface area contributed by atoms with Crippen molar-refractivity contribution >= 4 is 29.4 Å². The Morgan fingerprint density at radius 2 is 1.54 bits per heavy atom. The average molecular weight is 498 g/mol. The minimum absolute atomic E-state index is 0.0176. The van der Waals surface area contributed by atoms with Crippen LogP contribution in [0.15, 0.2) is 77.7 Å². The van der Waals surface area contributed by atoms with Gasteiger partial charge >= 0.3 is 0 Å². The van der Waals surface area contributed by atoms with Gasteiger partial charge in [-0.3, -0.25) is 14.3 Å². The van der Waals surface area contributed by atoms with E-state index in [9.17, 15) is 14.0 Å². The lowest BCUT2D eigenvalue weighted by Gasteiger charge is -2.19. The Bertz CT molecular complexity index is 1080. The van der Waals surface area contributed by atoms with Gasteiger partial charge in [-0.1, -0.05) is 12.1 Å². The second-order valence-corrected chi connectivity index (χ2v) is 9.63. The minimum Gasteiger partial charge on any atom is -0.497 e. The highest BCUT2D eigenvalue weighted by Gasteiger charge is 2.09. The number of carbonyl (C=O) groups is 2. The van der Waals surface area contributed by atoms with Gasteiger partial charge in [-0.2, -0.15) is 0 Å². The molecule has 0 saturated carbocycles. The van der Waals surface area contributed by atoms with Crippen molar-refractivity contribution in [2.24, 2.45) is 5.73 Å². The van der Waals surface area contributed by atoms with Gasteiger partial charge < -0.3 is 15.8 Å². The van der Waals surface area contributed by atoms with Gasteiger partial charge in [0.05, 0.1) is 7.11 Å². The first-order valence-electron chi connectivity index (χ1n) is 11.1. The Labute approximate surface area is 210 Å². The fourth-order valence-corrected chi connectivity index (χ4v) is 3.40. The smallest absolute Gasteiger partial charge is 0.248 e. The van der Waals surface area contributed by atoms with Crippen molar-refractivity contribution in [2.75, 3.05) is 12.4 Å². The van der Waals surface area contributed by atoms with Crippen LogP contribution in [0.25, 0.3) is 0 Å². The topological polar surface area (TPSA) is 93.4 Å². The molecule has 8 heteroatoms. The lowest BCUT2D eigenvalue weighted by molar-refractivity contribution is -0.116. The van der Waals surface area contributed by atoms with E-state index in [1.165, 1.54) is 24.3 Å². The first kappa shape index (κ1) is 27.9. The largest absolute Gasteiger partial charge is 0.497 e. The average Bonchev–Trinajstić information content (AvgIpc) is 2.83. The maximum absolute atomic E-state index is 12.2. The molecule has 0 fully saturated rings. The highest BCUT2D eigenvalue weighted by molar-refractivity contribution is 7.97. The van der Waals surface area contributed by atoms with E-state index in [0.717, 1.165) is 21.9 Å². The van der Waals surface area contributed by atoms with Gasteiger partial charge in [0.1, 0.15) is 11.6 Å². The fraction of sp³-hybridized carbons (Fsp3) is 0.259. The molecule has 35 heavy (non-hydrogen) atoms. The van der Waals surface area contributed by atoms with Crippen molar-refractivity contribution in [3.8, 4) is 5.75 Å². The minimum atomic E-state index is -0.542. The van der Waals surface area contributed by atoms with Gasteiger partial charge in [0.25, 0.3) is 0 Å². The molecular formula is C27H32FN3O3S. The molecular weight excluding hydrogens is 465 g/mol. The van der Waals surface area contributed by atoms with Crippen molar-refractivity contribution in [1.29, 1.82) is 0 Å². The number of anilines is 1. The van der Waals surface area contributed by atoms with Crippen LogP contribution < -0.4 is 20.5 Å². The molecule has 2 amide bonds. The summed E-state index contributed by atoms with van der Waals surface area (Å²) >= 11 is 1.59. The number of ether oxygens (including phenoxy) is 1. The van der Waals surface area contributed by atoms with Crippen LogP contribution in [0.2, 0.25) is 0 Å². The second kappa shape index (κ2) is 13.5. The summed E-state index contributed by atoms with van der Waals surface area (Å²) in [6.45, 7) is 6.37. The van der Waals surface area contributed by atoms with Gasteiger partial charge in [-0.05, 0) is 105 Å². The van der Waals surface area contributed by atoms with Gasteiger partial charge in [-0.25, -0.2) is 4.39 Å². The molecule has 3 aromatic rings. The SMILES string of the molecule is COc1ccc(CCC(=O)Nc2ccc(SNC(C)(C)C)cc2)cc1.NC(=O)c1ccc(F)cc1. The lowest BCUT2D eigenvalue weighted by Crippen LogP contribution is -2.29. The highest BCUT2D eigenvalue weighted by Crippen LogP contribution is 2.21. The van der Waals surface area contributed by atoms with Crippen LogP contribution in [0.3, 0.4) is 0 Å². The summed E-state index contributed by atoms with van der Waals surface area (Å²) in [5.41, 5.74) is 7.22. The number of nitrogens with two attached hydrogens (primary N) is 1. The second-order valence-electron chi connectivity index (χ2n) is 8.75. The zero-order chi connectivity index (χ0) is 25.8. The Kier molecular flexibility index (Phi) is 10.8. The van der Waals surface area contributed by atoms with E-state index in [0.29, 0.717) is 18.4 Å². The van der Waals surface area contributed by atoms with E-state index in [2.05, 4.69) is 30.8 Å². The zero-order valence-corrected chi connectivity index (χ0v) is 21.2. The molecule has 3 rings (SSSR count). The molecule has 0 atom stereocenters. The van der Waals surface area contributed by atoms with Crippen LogP contribution in [0.4, 0.5) is 10.1 Å². The fourth-order valence-electron chi connectivity index (χ4n) is 2.71. The Hall–Kier alpha value is -3.36. The maximum atomic E-state index is 12.2. The van der Waals surface area contributed by atoms with Crippen LogP contribution in [-0.4, -0.2) is 24.5 Å². The quantitative estimate of drug-likeness (QED) is 0.353. The summed E-state index contributed by atoms with van der Waals surface area (Å²) in [7, 11) is 1.64. The van der Waals surface area contributed by atoms with Gasteiger partial charge in [-0.15, -0.1) is 0 Å². The summed E-state index contributed by atoms with van der Waals surface area (Å²) in [5, 5.41) is 2.94. The van der Waals surface area contributed by atoms with Crippen LogP contribution >= 0.6 is 11.9 Å². The Morgan fingerprint density at radius 1 is 0.943 bits per heavy atom. The number of nitrogens with one attached hydrogen (secondary N) is 2. The van der Waals surface area contributed by atoms with Crippen molar-refractivity contribution in [2.45, 2.75) is 44.0 Å². The molecule has 6 nitrogen and oxygen atoms in total. The summed E-state index contributed by atoms with van der Waals surface area (Å²) in [6.07, 6.45) is 1.16. The summed E-state index contributed by atoms with van der Waals surface area (Å²) in [4.78, 5) is 23.6. The molecule has 0 bridgehead atoms. The molecule has 0 aromatic heterocycles. The van der Waals surface area contributed by atoms with Crippen LogP contribution in [0, 0.1) is 5.82 Å². The first-order chi connectivity index (χ1) is 16.6. The Balaban J connectivity index is 0.000000360. The molecule has 0 aliphatic heterocycles. The molecule has 0 aliphatic carbocycles. The van der Waals surface area contributed by atoms with Crippen molar-refractivity contribution in [3.05, 3.63) is 89.7 Å². The van der Waals surface area contributed by atoms with Crippen molar-refractivity contribution in [1.82, 2.24) is 4.72 Å². The van der Waals surface area contributed by atoms with Crippen LogP contribution in [0.1, 0.15) is 43.1 Å². The third-order valence-corrected chi connectivity index (χ3v) is 5.76. The number of hydrogen-bond acceptors (Lipinski definition) is 5. The van der Waals surface area contributed by atoms with E-state index < -0.39 is 5.91 Å². The third-order valence-electron chi connectivity index (χ3n) is 4.54. The predicted octanol–water partition coefficient (Wildman–Crippen LogP) is 5.59. The molecule has 4 N–H and O–H groups in total. The number of aryl methyl sites for hydroxylation is 1. The predicted molar refractivity (Wildman–Crippen MR) is 140 cm³/mol. The Morgan fingerprint density at radius 3 is 2.06 bits per heavy atom. The number of methoxy groups -OCH3 is 1. The van der Waals surface area contributed by atoms with Crippen LogP contribution in [-0.2, 0) is 11.2 Å². The lowest BCUT2D eigenvalue weighted by atomic mass is 10.1. The van der Waals surface area contributed by atoms with Gasteiger partial charge in [0, 0.05) is 28.1 Å². The number of primary amides is 1. The van der Waals surface area contributed by atoms with Crippen molar-refractivity contribution in [3.63, 3.8) is 0 Å². The van der Waals surface area contributed by atoms with E-state index in [-0.39, 0.29) is 17.3 Å². The molecule has 0 radical (unpaired) electrons. The van der Waals surface area contributed by atoms with Gasteiger partial charge in [0.15, 0.2) is 0 Å². The number of carbonyl (C=O) groups excluding carboxylic acids is 2. The van der Waals surface area contributed by atoms with Crippen molar-refractivity contribution < 1.29 is 18.7 Å². The normalized spacial score (nSPS) is 10.7. The van der Waals surface area contributed by atoms with Crippen LogP contribution in [0.5, 0.6) is 5.75 Å². The third kappa shape index (κ3) is 11.1. The molecule has 186 valence electrons. The number of amides is 2. The number of halogens is 1. The monoisotopic (exact) mass is 497 g/mol. The summed E-state index contributed by atoms with van der Waals surface area (Å²) < 4.78 is 20.7. The van der Waals surface area contributed by atoms with E-state index in [4.69, 9.17) is 10.5 Å². The summed E-state index contributed by atoms with van der Waals surface area (Å²) in [5.74, 6) is -0.0684. The summed E-state index contributed by atoms with van der Waals surface area (Å²) in [6, 6.07) is 20.7. The van der Waals surface area contributed by atoms with Gasteiger partial charge in [0.2, 0.25) is 11.8 Å². The maximum Gasteiger partial charge on any atom is 0.248 e. The molecule has 3 aromatic carbocycles. The molecule has 0 spiro atoms. The van der Waals surface area contributed by atoms with E-state index >= 15 is 0 Å². The molecule has 0 heterocycles. The molecule has 0 saturated heterocycles. The number of benzene rings is 3. The number of hydrogen-bond donors (Lipinski definition) is 3. The van der Waals surface area contributed by atoms with E-state index in [1.54, 1.807) is 19.1 Å². The molecule has 0 aliphatic rings. The van der Waals surface area contributed by atoms with E-state index in [1.807, 2.05) is 48.5 Å². The highest BCUT2D eigenvalue weighted by atomic mass is 32.2. The first-order valence-corrected chi connectivity index (χ1v) is 11.9. The number of rotatable bonds is 8.